The number of fused-ring (bicyclic) bond motifs is 1. The Morgan fingerprint density at radius 3 is 2.56 bits per heavy atom. The minimum atomic E-state index is -4.41. The second-order valence-electron chi connectivity index (χ2n) is 6.85. The molecule has 25 heavy (non-hydrogen) atoms. The molecular weight excluding hydrogens is 333 g/mol. The molecule has 0 bridgehead atoms. The Hall–Kier alpha value is -2.31. The molecule has 1 aromatic carbocycles. The largest absolute Gasteiger partial charge is 0.487 e. The zero-order valence-corrected chi connectivity index (χ0v) is 14.1. The lowest BCUT2D eigenvalue weighted by atomic mass is 9.75. The maximum absolute atomic E-state index is 12.9. The summed E-state index contributed by atoms with van der Waals surface area (Å²) >= 11 is 0. The highest BCUT2D eigenvalue weighted by molar-refractivity contribution is 5.99. The van der Waals surface area contributed by atoms with Crippen LogP contribution in [0.1, 0.15) is 48.4 Å². The van der Waals surface area contributed by atoms with Crippen molar-refractivity contribution in [2.75, 3.05) is 0 Å². The minimum Gasteiger partial charge on any atom is -0.487 e. The number of alkyl halides is 3. The Kier molecular flexibility index (Phi) is 4.34. The van der Waals surface area contributed by atoms with E-state index in [0.29, 0.717) is 24.3 Å². The molecule has 0 N–H and O–H groups in total. The molecule has 0 aliphatic heterocycles. The zero-order chi connectivity index (χ0) is 18.2. The highest BCUT2D eigenvalue weighted by Crippen LogP contribution is 2.39. The van der Waals surface area contributed by atoms with Gasteiger partial charge in [-0.25, -0.2) is 0 Å². The van der Waals surface area contributed by atoms with Crippen LogP contribution in [0.25, 0.3) is 0 Å². The normalized spacial score (nSPS) is 16.6. The molecule has 0 unspecified atom stereocenters. The third-order valence-electron chi connectivity index (χ3n) is 4.37. The Labute approximate surface area is 143 Å². The zero-order valence-electron chi connectivity index (χ0n) is 14.1. The van der Waals surface area contributed by atoms with Crippen molar-refractivity contribution in [2.45, 2.75) is 51.4 Å². The number of carbonyl (C=O) groups excluding carboxylic acids is 1. The Morgan fingerprint density at radius 1 is 1.24 bits per heavy atom. The third-order valence-corrected chi connectivity index (χ3v) is 4.37. The maximum atomic E-state index is 12.9. The SMILES string of the molecule is CC1(C)CCC(=O)c2c(COc3ccccc3)nn(CC(F)(F)F)c21. The van der Waals surface area contributed by atoms with Crippen LogP contribution < -0.4 is 4.74 Å². The summed E-state index contributed by atoms with van der Waals surface area (Å²) in [5.41, 5.74) is 0.358. The first kappa shape index (κ1) is 17.5. The Bertz CT molecular complexity index is 780. The number of aromatic nitrogens is 2. The van der Waals surface area contributed by atoms with E-state index in [1.807, 2.05) is 19.9 Å². The van der Waals surface area contributed by atoms with Gasteiger partial charge in [-0.05, 0) is 18.6 Å². The molecule has 134 valence electrons. The second-order valence-corrected chi connectivity index (χ2v) is 6.85. The number of ketones is 1. The molecule has 1 aliphatic rings. The van der Waals surface area contributed by atoms with Crippen molar-refractivity contribution in [2.24, 2.45) is 0 Å². The molecule has 0 saturated heterocycles. The van der Waals surface area contributed by atoms with Gasteiger partial charge in [-0.1, -0.05) is 32.0 Å². The average Bonchev–Trinajstić information content (AvgIpc) is 2.88. The van der Waals surface area contributed by atoms with Gasteiger partial charge in [0.05, 0.1) is 11.3 Å². The monoisotopic (exact) mass is 352 g/mol. The van der Waals surface area contributed by atoms with Gasteiger partial charge in [0.1, 0.15) is 24.6 Å². The van der Waals surface area contributed by atoms with Crippen molar-refractivity contribution in [3.8, 4) is 5.75 Å². The summed E-state index contributed by atoms with van der Waals surface area (Å²) in [6, 6.07) is 8.90. The second kappa shape index (κ2) is 6.20. The fourth-order valence-corrected chi connectivity index (χ4v) is 3.22. The lowest BCUT2D eigenvalue weighted by molar-refractivity contribution is -0.143. The molecular formula is C18H19F3N2O2. The highest BCUT2D eigenvalue weighted by atomic mass is 19.4. The molecule has 1 heterocycles. The van der Waals surface area contributed by atoms with Gasteiger partial charge in [-0.15, -0.1) is 0 Å². The van der Waals surface area contributed by atoms with Crippen LogP contribution in [-0.4, -0.2) is 21.7 Å². The number of hydrogen-bond acceptors (Lipinski definition) is 3. The van der Waals surface area contributed by atoms with Crippen molar-refractivity contribution in [1.82, 2.24) is 9.78 Å². The van der Waals surface area contributed by atoms with Crippen LogP contribution >= 0.6 is 0 Å². The summed E-state index contributed by atoms with van der Waals surface area (Å²) < 4.78 is 45.4. The molecule has 0 atom stereocenters. The van der Waals surface area contributed by atoms with E-state index in [4.69, 9.17) is 4.74 Å². The Morgan fingerprint density at radius 2 is 1.92 bits per heavy atom. The van der Waals surface area contributed by atoms with Crippen LogP contribution in [0.4, 0.5) is 13.2 Å². The number of ether oxygens (including phenoxy) is 1. The van der Waals surface area contributed by atoms with E-state index < -0.39 is 18.1 Å². The summed E-state index contributed by atoms with van der Waals surface area (Å²) in [6.07, 6.45) is -3.61. The van der Waals surface area contributed by atoms with Gasteiger partial charge >= 0.3 is 6.18 Å². The predicted octanol–water partition coefficient (Wildman–Crippen LogP) is 4.28. The number of para-hydroxylation sites is 1. The fourth-order valence-electron chi connectivity index (χ4n) is 3.22. The number of nitrogens with zero attached hydrogens (tertiary/aromatic N) is 2. The molecule has 7 heteroatoms. The van der Waals surface area contributed by atoms with E-state index in [0.717, 1.165) is 4.68 Å². The smallest absolute Gasteiger partial charge is 0.408 e. The van der Waals surface area contributed by atoms with Gasteiger partial charge in [0.15, 0.2) is 5.78 Å². The summed E-state index contributed by atoms with van der Waals surface area (Å²) in [5, 5.41) is 4.09. The van der Waals surface area contributed by atoms with Crippen molar-refractivity contribution in [1.29, 1.82) is 0 Å². The van der Waals surface area contributed by atoms with E-state index in [9.17, 15) is 18.0 Å². The fraction of sp³-hybridized carbons (Fsp3) is 0.444. The van der Waals surface area contributed by atoms with E-state index in [-0.39, 0.29) is 23.6 Å². The number of hydrogen-bond donors (Lipinski definition) is 0. The summed E-state index contributed by atoms with van der Waals surface area (Å²) in [6.45, 7) is 2.43. The number of halogens is 3. The number of carbonyl (C=O) groups is 1. The lowest BCUT2D eigenvalue weighted by Gasteiger charge is -2.30. The first-order valence-corrected chi connectivity index (χ1v) is 8.05. The topological polar surface area (TPSA) is 44.1 Å². The van der Waals surface area contributed by atoms with Crippen LogP contribution in [-0.2, 0) is 18.6 Å². The van der Waals surface area contributed by atoms with Crippen LogP contribution in [0.3, 0.4) is 0 Å². The summed E-state index contributed by atoms with van der Waals surface area (Å²) in [4.78, 5) is 12.4. The lowest BCUT2D eigenvalue weighted by Crippen LogP contribution is -2.32. The molecule has 3 rings (SSSR count). The summed E-state index contributed by atoms with van der Waals surface area (Å²) in [5.74, 6) is 0.401. The third kappa shape index (κ3) is 3.70. The van der Waals surface area contributed by atoms with Crippen LogP contribution in [0.15, 0.2) is 30.3 Å². The first-order valence-electron chi connectivity index (χ1n) is 8.05. The molecule has 4 nitrogen and oxygen atoms in total. The van der Waals surface area contributed by atoms with E-state index in [2.05, 4.69) is 5.10 Å². The van der Waals surface area contributed by atoms with Crippen molar-refractivity contribution in [3.63, 3.8) is 0 Å². The molecule has 1 aliphatic carbocycles. The van der Waals surface area contributed by atoms with Gasteiger partial charge in [-0.3, -0.25) is 9.48 Å². The number of rotatable bonds is 4. The maximum Gasteiger partial charge on any atom is 0.408 e. The van der Waals surface area contributed by atoms with Crippen LogP contribution in [0.5, 0.6) is 5.75 Å². The predicted molar refractivity (Wildman–Crippen MR) is 85.6 cm³/mol. The molecule has 2 aromatic rings. The quantitative estimate of drug-likeness (QED) is 0.825. The molecule has 0 amide bonds. The number of Topliss-reactive ketones (excluding diaryl/α,β-unsaturated/α-hetero) is 1. The molecule has 0 spiro atoms. The van der Waals surface area contributed by atoms with Gasteiger partial charge in [0.2, 0.25) is 0 Å². The number of benzene rings is 1. The van der Waals surface area contributed by atoms with Gasteiger partial charge in [0, 0.05) is 11.8 Å². The first-order chi connectivity index (χ1) is 11.7. The van der Waals surface area contributed by atoms with Crippen LogP contribution in [0, 0.1) is 0 Å². The molecule has 0 radical (unpaired) electrons. The van der Waals surface area contributed by atoms with E-state index >= 15 is 0 Å². The van der Waals surface area contributed by atoms with Gasteiger partial charge in [-0.2, -0.15) is 18.3 Å². The van der Waals surface area contributed by atoms with Gasteiger partial charge < -0.3 is 4.74 Å². The molecule has 0 fully saturated rings. The van der Waals surface area contributed by atoms with Crippen molar-refractivity contribution >= 4 is 5.78 Å². The minimum absolute atomic E-state index is 0.0426. The van der Waals surface area contributed by atoms with E-state index in [1.165, 1.54) is 0 Å². The van der Waals surface area contributed by atoms with Crippen molar-refractivity contribution < 1.29 is 22.7 Å². The standard InChI is InChI=1S/C18H19F3N2O2/c1-17(2)9-8-14(24)15-13(10-25-12-6-4-3-5-7-12)22-23(16(15)17)11-18(19,20)21/h3-7H,8-11H2,1-2H3. The Balaban J connectivity index is 1.99. The van der Waals surface area contributed by atoms with E-state index in [1.54, 1.807) is 24.3 Å². The van der Waals surface area contributed by atoms with Crippen LogP contribution in [0.2, 0.25) is 0 Å². The average molecular weight is 352 g/mol. The highest BCUT2D eigenvalue weighted by Gasteiger charge is 2.41. The molecule has 1 aromatic heterocycles. The van der Waals surface area contributed by atoms with Crippen molar-refractivity contribution in [3.05, 3.63) is 47.3 Å². The van der Waals surface area contributed by atoms with Gasteiger partial charge in [0.25, 0.3) is 0 Å². The molecule has 0 saturated carbocycles. The summed E-state index contributed by atoms with van der Waals surface area (Å²) in [7, 11) is 0.